The summed E-state index contributed by atoms with van der Waals surface area (Å²) in [5.41, 5.74) is -2.25. The fraction of sp³-hybridized carbons (Fsp3) is 1.00. The summed E-state index contributed by atoms with van der Waals surface area (Å²) in [4.78, 5) is 0. The fourth-order valence-corrected chi connectivity index (χ4v) is 0. The van der Waals surface area contributed by atoms with Gasteiger partial charge in [0, 0.05) is 0 Å². The van der Waals surface area contributed by atoms with Gasteiger partial charge in [-0.3, -0.25) is 0 Å². The first-order valence-electron chi connectivity index (χ1n) is 5.11. The van der Waals surface area contributed by atoms with Crippen molar-refractivity contribution in [3.05, 3.63) is 0 Å². The van der Waals surface area contributed by atoms with Crippen molar-refractivity contribution in [1.29, 1.82) is 0 Å². The Kier molecular flexibility index (Phi) is 29.1. The zero-order valence-corrected chi connectivity index (χ0v) is 15.0. The Labute approximate surface area is 136 Å². The molecule has 6 heteroatoms. The van der Waals surface area contributed by atoms with E-state index in [-0.39, 0.29) is 41.7 Å². The van der Waals surface area contributed by atoms with E-state index in [4.69, 9.17) is 0 Å². The molecular formula is C12H29AlLiO4+. The van der Waals surface area contributed by atoms with Crippen molar-refractivity contribution in [1.82, 2.24) is 0 Å². The first-order chi connectivity index (χ1) is 6.00. The molecule has 4 nitrogen and oxygen atoms in total. The summed E-state index contributed by atoms with van der Waals surface area (Å²) in [5, 5.41) is 30.3. The van der Waals surface area contributed by atoms with Crippen LogP contribution >= 0.6 is 0 Å². The van der Waals surface area contributed by atoms with E-state index in [0.717, 1.165) is 0 Å². The standard InChI is InChI=1S/3C4H9O.Al.Li.H2O/c3*1-4(2,3)5;;;/h3*1-3H3;;;1H2/q3*-1;+3;+1;. The van der Waals surface area contributed by atoms with E-state index in [1.54, 1.807) is 62.3 Å². The predicted molar refractivity (Wildman–Crippen MR) is 68.6 cm³/mol. The second-order valence-corrected chi connectivity index (χ2v) is 6.34. The van der Waals surface area contributed by atoms with Crippen LogP contribution in [0.1, 0.15) is 62.3 Å². The van der Waals surface area contributed by atoms with Crippen molar-refractivity contribution in [2.45, 2.75) is 79.1 Å². The van der Waals surface area contributed by atoms with Crippen LogP contribution < -0.4 is 34.2 Å². The van der Waals surface area contributed by atoms with Crippen LogP contribution in [0.5, 0.6) is 0 Å². The van der Waals surface area contributed by atoms with Gasteiger partial charge in [-0.2, -0.15) is 0 Å². The zero-order valence-electron chi connectivity index (χ0n) is 13.8. The Bertz CT molecular complexity index is 99.1. The molecule has 0 atom stereocenters. The maximum Gasteiger partial charge on any atom is 3.00 e. The predicted octanol–water partition coefficient (Wildman–Crippen LogP) is -3.77. The van der Waals surface area contributed by atoms with Gasteiger partial charge in [0.05, 0.1) is 0 Å². The minimum Gasteiger partial charge on any atom is -0.850 e. The molecule has 0 unspecified atom stereocenters. The first kappa shape index (κ1) is 36.4. The smallest absolute Gasteiger partial charge is 0.850 e. The first-order valence-corrected chi connectivity index (χ1v) is 5.11. The molecule has 0 rings (SSSR count). The number of rotatable bonds is 0. The van der Waals surface area contributed by atoms with Gasteiger partial charge in [0.2, 0.25) is 0 Å². The normalized spacial score (nSPS) is 10.0. The van der Waals surface area contributed by atoms with Crippen LogP contribution in [0.15, 0.2) is 0 Å². The summed E-state index contributed by atoms with van der Waals surface area (Å²) in [6, 6.07) is 0. The summed E-state index contributed by atoms with van der Waals surface area (Å²) in [6.45, 7) is 14.7. The fourth-order valence-electron chi connectivity index (χ4n) is 0. The quantitative estimate of drug-likeness (QED) is 0.423. The minimum atomic E-state index is -0.750. The summed E-state index contributed by atoms with van der Waals surface area (Å²) < 4.78 is 0. The third-order valence-electron chi connectivity index (χ3n) is 0. The number of hydrogen-bond donors (Lipinski definition) is 0. The van der Waals surface area contributed by atoms with Crippen LogP contribution in [-0.2, 0) is 0 Å². The van der Waals surface area contributed by atoms with Gasteiger partial charge in [0.1, 0.15) is 0 Å². The summed E-state index contributed by atoms with van der Waals surface area (Å²) >= 11 is 0. The molecule has 0 aliphatic carbocycles. The Morgan fingerprint density at radius 1 is 0.500 bits per heavy atom. The average molecular weight is 271 g/mol. The van der Waals surface area contributed by atoms with Gasteiger partial charge in [-0.05, 0) is 0 Å². The molecule has 18 heavy (non-hydrogen) atoms. The molecule has 0 aliphatic rings. The van der Waals surface area contributed by atoms with E-state index >= 15 is 0 Å². The molecule has 0 spiro atoms. The Hall–Kier alpha value is 0.970. The molecule has 0 radical (unpaired) electrons. The van der Waals surface area contributed by atoms with Gasteiger partial charge in [0.25, 0.3) is 0 Å². The molecule has 2 N–H and O–H groups in total. The molecule has 0 saturated carbocycles. The third-order valence-corrected chi connectivity index (χ3v) is 0. The second-order valence-electron chi connectivity index (χ2n) is 6.34. The van der Waals surface area contributed by atoms with E-state index in [0.29, 0.717) is 0 Å². The van der Waals surface area contributed by atoms with Crippen molar-refractivity contribution in [3.8, 4) is 0 Å². The summed E-state index contributed by atoms with van der Waals surface area (Å²) in [7, 11) is 0. The minimum absolute atomic E-state index is 0. The molecule has 0 saturated heterocycles. The van der Waals surface area contributed by atoms with Crippen LogP contribution in [0.4, 0.5) is 0 Å². The monoisotopic (exact) mass is 271 g/mol. The molecular weight excluding hydrogens is 242 g/mol. The van der Waals surface area contributed by atoms with Crippen molar-refractivity contribution in [2.75, 3.05) is 0 Å². The van der Waals surface area contributed by atoms with Crippen LogP contribution in [-0.4, -0.2) is 39.6 Å². The topological polar surface area (TPSA) is 101 Å². The van der Waals surface area contributed by atoms with Crippen LogP contribution in [0, 0.1) is 0 Å². The van der Waals surface area contributed by atoms with Crippen molar-refractivity contribution in [3.63, 3.8) is 0 Å². The zero-order chi connectivity index (χ0) is 13.5. The third kappa shape index (κ3) is 4600. The SMILES string of the molecule is CC(C)(C)[O-].CC(C)(C)[O-].CC(C)(C)[O-].O.[Al+3].[Li+]. The molecule has 0 heterocycles. The van der Waals surface area contributed by atoms with Gasteiger partial charge in [-0.15, -0.1) is 16.8 Å². The van der Waals surface area contributed by atoms with Crippen LogP contribution in [0.3, 0.4) is 0 Å². The maximum atomic E-state index is 10.1. The van der Waals surface area contributed by atoms with Gasteiger partial charge < -0.3 is 20.8 Å². The molecule has 0 aliphatic heterocycles. The molecule has 0 aromatic heterocycles. The Morgan fingerprint density at radius 2 is 0.500 bits per heavy atom. The van der Waals surface area contributed by atoms with Gasteiger partial charge in [-0.25, -0.2) is 0 Å². The molecule has 0 aromatic carbocycles. The molecule has 0 bridgehead atoms. The molecule has 0 amide bonds. The van der Waals surface area contributed by atoms with Gasteiger partial charge in [-0.1, -0.05) is 62.3 Å². The van der Waals surface area contributed by atoms with Crippen LogP contribution in [0.25, 0.3) is 0 Å². The van der Waals surface area contributed by atoms with E-state index in [9.17, 15) is 15.3 Å². The van der Waals surface area contributed by atoms with E-state index in [2.05, 4.69) is 0 Å². The van der Waals surface area contributed by atoms with Crippen LogP contribution in [0.2, 0.25) is 0 Å². The van der Waals surface area contributed by atoms with Crippen molar-refractivity contribution >= 4 is 17.4 Å². The Balaban J connectivity index is -0.0000000277. The summed E-state index contributed by atoms with van der Waals surface area (Å²) in [5.74, 6) is 0. The summed E-state index contributed by atoms with van der Waals surface area (Å²) in [6.07, 6.45) is 0. The van der Waals surface area contributed by atoms with Gasteiger partial charge >= 0.3 is 36.2 Å². The average Bonchev–Trinajstić information content (AvgIpc) is 1.41. The van der Waals surface area contributed by atoms with Crippen molar-refractivity contribution < 1.29 is 39.7 Å². The number of hydrogen-bond acceptors (Lipinski definition) is 3. The Morgan fingerprint density at radius 3 is 0.500 bits per heavy atom. The van der Waals surface area contributed by atoms with E-state index in [1.165, 1.54) is 0 Å². The molecule has 104 valence electrons. The van der Waals surface area contributed by atoms with E-state index in [1.807, 2.05) is 0 Å². The second kappa shape index (κ2) is 14.4. The largest absolute Gasteiger partial charge is 3.00 e. The maximum absolute atomic E-state index is 10.1. The molecule has 0 aromatic rings. The van der Waals surface area contributed by atoms with Crippen molar-refractivity contribution in [2.24, 2.45) is 0 Å². The van der Waals surface area contributed by atoms with Gasteiger partial charge in [0.15, 0.2) is 0 Å². The van der Waals surface area contributed by atoms with E-state index < -0.39 is 16.8 Å². The molecule has 0 fully saturated rings.